The predicted molar refractivity (Wildman–Crippen MR) is 96.6 cm³/mol. The van der Waals surface area contributed by atoms with Crippen LogP contribution in [0.2, 0.25) is 0 Å². The largest absolute Gasteiger partial charge is 0.480 e. The van der Waals surface area contributed by atoms with Crippen LogP contribution in [0.4, 0.5) is 0 Å². The molecule has 0 bridgehead atoms. The summed E-state index contributed by atoms with van der Waals surface area (Å²) in [6, 6.07) is 7.99. The zero-order chi connectivity index (χ0) is 18.5. The molecule has 2 aliphatic rings. The Hall–Kier alpha value is -2.63. The minimum atomic E-state index is -1.14. The third-order valence-corrected chi connectivity index (χ3v) is 5.82. The van der Waals surface area contributed by atoms with Crippen molar-refractivity contribution in [1.29, 1.82) is 0 Å². The molecule has 4 rings (SSSR count). The smallest absolute Gasteiger partial charge is 0.329 e. The number of likely N-dealkylation sites (tertiary alicyclic amines) is 1. The van der Waals surface area contributed by atoms with Crippen molar-refractivity contribution in [1.82, 2.24) is 14.7 Å². The summed E-state index contributed by atoms with van der Waals surface area (Å²) in [5, 5.41) is 14.3. The summed E-state index contributed by atoms with van der Waals surface area (Å²) in [5.74, 6) is -1.20. The Balaban J connectivity index is 1.79. The Kier molecular flexibility index (Phi) is 3.86. The highest BCUT2D eigenvalue weighted by molar-refractivity contribution is 5.98. The van der Waals surface area contributed by atoms with Gasteiger partial charge >= 0.3 is 5.97 Å². The van der Waals surface area contributed by atoms with Crippen molar-refractivity contribution in [2.24, 2.45) is 0 Å². The van der Waals surface area contributed by atoms with E-state index in [4.69, 9.17) is 0 Å². The molecule has 1 aromatic carbocycles. The van der Waals surface area contributed by atoms with Crippen LogP contribution in [0.1, 0.15) is 53.5 Å². The van der Waals surface area contributed by atoms with Crippen LogP contribution in [-0.2, 0) is 17.6 Å². The first kappa shape index (κ1) is 16.8. The number of hydrogen-bond donors (Lipinski definition) is 1. The van der Waals surface area contributed by atoms with Gasteiger partial charge in [0.15, 0.2) is 5.69 Å². The first-order chi connectivity index (χ1) is 12.4. The van der Waals surface area contributed by atoms with E-state index in [0.717, 1.165) is 41.8 Å². The van der Waals surface area contributed by atoms with Crippen molar-refractivity contribution in [3.05, 3.63) is 46.8 Å². The Labute approximate surface area is 152 Å². The van der Waals surface area contributed by atoms with E-state index in [1.807, 2.05) is 35.9 Å². The number of hydrogen-bond acceptors (Lipinski definition) is 3. The summed E-state index contributed by atoms with van der Waals surface area (Å²) in [6.07, 6.45) is 3.89. The molecule has 6 nitrogen and oxygen atoms in total. The van der Waals surface area contributed by atoms with Gasteiger partial charge in [-0.25, -0.2) is 9.48 Å². The van der Waals surface area contributed by atoms with E-state index >= 15 is 0 Å². The molecule has 26 heavy (non-hydrogen) atoms. The van der Waals surface area contributed by atoms with Crippen molar-refractivity contribution in [2.75, 3.05) is 6.54 Å². The van der Waals surface area contributed by atoms with Crippen LogP contribution in [0.15, 0.2) is 24.3 Å². The molecule has 1 amide bonds. The fourth-order valence-corrected chi connectivity index (χ4v) is 4.25. The average molecular weight is 353 g/mol. The number of amides is 1. The molecular weight excluding hydrogens is 330 g/mol. The van der Waals surface area contributed by atoms with Crippen LogP contribution in [0.5, 0.6) is 0 Å². The predicted octanol–water partition coefficient (Wildman–Crippen LogP) is 2.75. The number of fused-ring (bicyclic) bond motifs is 1. The Morgan fingerprint density at radius 2 is 1.96 bits per heavy atom. The zero-order valence-corrected chi connectivity index (χ0v) is 15.2. The topological polar surface area (TPSA) is 75.4 Å². The average Bonchev–Trinajstić information content (AvgIpc) is 3.30. The molecule has 1 saturated heterocycles. The number of benzene rings is 1. The zero-order valence-electron chi connectivity index (χ0n) is 15.2. The monoisotopic (exact) mass is 353 g/mol. The highest BCUT2D eigenvalue weighted by Gasteiger charge is 2.47. The summed E-state index contributed by atoms with van der Waals surface area (Å²) in [7, 11) is 0. The molecule has 1 aliphatic heterocycles. The van der Waals surface area contributed by atoms with E-state index in [0.29, 0.717) is 25.1 Å². The number of nitrogens with zero attached hydrogens (tertiary/aromatic N) is 3. The molecule has 136 valence electrons. The Morgan fingerprint density at radius 1 is 1.19 bits per heavy atom. The molecule has 2 heterocycles. The second kappa shape index (κ2) is 5.97. The fourth-order valence-electron chi connectivity index (χ4n) is 4.25. The van der Waals surface area contributed by atoms with E-state index in [2.05, 4.69) is 5.10 Å². The number of aromatic nitrogens is 2. The van der Waals surface area contributed by atoms with Crippen molar-refractivity contribution < 1.29 is 14.7 Å². The first-order valence-corrected chi connectivity index (χ1v) is 9.15. The van der Waals surface area contributed by atoms with Crippen LogP contribution in [-0.4, -0.2) is 43.7 Å². The van der Waals surface area contributed by atoms with Crippen LogP contribution in [0.25, 0.3) is 5.69 Å². The number of carboxylic acids is 1. The SMILES string of the molecule is Cc1ccccc1-n1nc(C(=O)N2CCCC2(C)C(=O)O)c2c1CCC2. The van der Waals surface area contributed by atoms with Gasteiger partial charge in [-0.3, -0.25) is 4.79 Å². The highest BCUT2D eigenvalue weighted by atomic mass is 16.4. The number of carbonyl (C=O) groups excluding carboxylic acids is 1. The van der Waals surface area contributed by atoms with Crippen LogP contribution >= 0.6 is 0 Å². The molecule has 1 N–H and O–H groups in total. The number of aryl methyl sites for hydroxylation is 1. The van der Waals surface area contributed by atoms with Gasteiger partial charge in [-0.2, -0.15) is 5.10 Å². The van der Waals surface area contributed by atoms with Crippen molar-refractivity contribution in [3.8, 4) is 5.69 Å². The molecule has 1 fully saturated rings. The third-order valence-electron chi connectivity index (χ3n) is 5.82. The summed E-state index contributed by atoms with van der Waals surface area (Å²) in [4.78, 5) is 26.5. The number of para-hydroxylation sites is 1. The lowest BCUT2D eigenvalue weighted by molar-refractivity contribution is -0.147. The Bertz CT molecular complexity index is 902. The van der Waals surface area contributed by atoms with E-state index in [1.165, 1.54) is 4.90 Å². The molecular formula is C20H23N3O3. The molecule has 0 spiro atoms. The van der Waals surface area contributed by atoms with Gasteiger partial charge in [-0.05, 0) is 57.6 Å². The summed E-state index contributed by atoms with van der Waals surface area (Å²) >= 11 is 0. The lowest BCUT2D eigenvalue weighted by Crippen LogP contribution is -2.51. The van der Waals surface area contributed by atoms with Gasteiger partial charge < -0.3 is 10.0 Å². The molecule has 1 atom stereocenters. The van der Waals surface area contributed by atoms with Gasteiger partial charge in [0.2, 0.25) is 0 Å². The van der Waals surface area contributed by atoms with Crippen LogP contribution in [0, 0.1) is 6.92 Å². The Morgan fingerprint density at radius 3 is 2.69 bits per heavy atom. The van der Waals surface area contributed by atoms with Gasteiger partial charge in [0.25, 0.3) is 5.91 Å². The standard InChI is InChI=1S/C20H23N3O3/c1-13-7-3-4-9-15(13)23-16-10-5-8-14(16)17(21-23)18(24)22-12-6-11-20(22,2)19(25)26/h3-4,7,9H,5-6,8,10-12H2,1-2H3,(H,25,26). The number of carbonyl (C=O) groups is 2. The van der Waals surface area contributed by atoms with E-state index in [9.17, 15) is 14.7 Å². The molecule has 1 aliphatic carbocycles. The van der Waals surface area contributed by atoms with E-state index < -0.39 is 11.5 Å². The summed E-state index contributed by atoms with van der Waals surface area (Å²) in [6.45, 7) is 4.13. The maximum atomic E-state index is 13.2. The number of rotatable bonds is 3. The van der Waals surface area contributed by atoms with E-state index in [1.54, 1.807) is 6.92 Å². The lowest BCUT2D eigenvalue weighted by Gasteiger charge is -2.30. The van der Waals surface area contributed by atoms with Crippen LogP contribution in [0.3, 0.4) is 0 Å². The van der Waals surface area contributed by atoms with Crippen molar-refractivity contribution in [2.45, 2.75) is 51.5 Å². The molecule has 0 radical (unpaired) electrons. The van der Waals surface area contributed by atoms with Gasteiger partial charge in [-0.1, -0.05) is 18.2 Å². The molecule has 1 unspecified atom stereocenters. The normalized spacial score (nSPS) is 21.8. The van der Waals surface area contributed by atoms with Gasteiger partial charge in [0.1, 0.15) is 5.54 Å². The van der Waals surface area contributed by atoms with Crippen LogP contribution < -0.4 is 0 Å². The van der Waals surface area contributed by atoms with Gasteiger partial charge in [-0.15, -0.1) is 0 Å². The molecule has 6 heteroatoms. The maximum absolute atomic E-state index is 13.2. The third kappa shape index (κ3) is 2.35. The minimum Gasteiger partial charge on any atom is -0.480 e. The van der Waals surface area contributed by atoms with Gasteiger partial charge in [0.05, 0.1) is 5.69 Å². The fraction of sp³-hybridized carbons (Fsp3) is 0.450. The first-order valence-electron chi connectivity index (χ1n) is 9.15. The summed E-state index contributed by atoms with van der Waals surface area (Å²) < 4.78 is 1.89. The quantitative estimate of drug-likeness (QED) is 0.921. The van der Waals surface area contributed by atoms with E-state index in [-0.39, 0.29) is 5.91 Å². The minimum absolute atomic E-state index is 0.252. The molecule has 1 aromatic heterocycles. The number of carboxylic acid groups (broad SMARTS) is 1. The maximum Gasteiger partial charge on any atom is 0.329 e. The second-order valence-electron chi connectivity index (χ2n) is 7.47. The highest BCUT2D eigenvalue weighted by Crippen LogP contribution is 2.34. The summed E-state index contributed by atoms with van der Waals surface area (Å²) in [5.41, 5.74) is 3.42. The van der Waals surface area contributed by atoms with Crippen molar-refractivity contribution >= 4 is 11.9 Å². The molecule has 2 aromatic rings. The van der Waals surface area contributed by atoms with Crippen molar-refractivity contribution in [3.63, 3.8) is 0 Å². The lowest BCUT2D eigenvalue weighted by atomic mass is 9.99. The number of aliphatic carboxylic acids is 1. The second-order valence-corrected chi connectivity index (χ2v) is 7.47. The molecule has 0 saturated carbocycles. The van der Waals surface area contributed by atoms with Gasteiger partial charge in [0, 0.05) is 17.8 Å².